The van der Waals surface area contributed by atoms with Gasteiger partial charge in [0.1, 0.15) is 5.75 Å². The molecule has 0 saturated carbocycles. The summed E-state index contributed by atoms with van der Waals surface area (Å²) in [6.45, 7) is 2.95. The lowest BCUT2D eigenvalue weighted by Gasteiger charge is -2.04. The maximum absolute atomic E-state index is 9.33. The first kappa shape index (κ1) is 12.1. The molecular weight excluding hydrogens is 190 g/mol. The van der Waals surface area contributed by atoms with Crippen LogP contribution in [0.5, 0.6) is 5.75 Å². The first-order valence-electron chi connectivity index (χ1n) is 3.89. The molecule has 0 atom stereocenters. The van der Waals surface area contributed by atoms with E-state index in [4.69, 9.17) is 10.5 Å². The minimum Gasteiger partial charge on any atom is -0.508 e. The summed E-state index contributed by atoms with van der Waals surface area (Å²) in [4.78, 5) is 0. The number of phenols is 1. The lowest BCUT2D eigenvalue weighted by atomic mass is 10.2. The molecule has 3 N–H and O–H groups in total. The zero-order valence-corrected chi connectivity index (χ0v) is 8.30. The molecule has 0 radical (unpaired) electrons. The fraction of sp³-hybridized carbons (Fsp3) is 0.333. The predicted molar refractivity (Wildman–Crippen MR) is 55.1 cm³/mol. The second-order valence-corrected chi connectivity index (χ2v) is 2.53. The SMILES string of the molecule is CCOCc1cc(N)ccc1O.Cl. The summed E-state index contributed by atoms with van der Waals surface area (Å²) >= 11 is 0. The van der Waals surface area contributed by atoms with E-state index in [2.05, 4.69) is 0 Å². The summed E-state index contributed by atoms with van der Waals surface area (Å²) in [6.07, 6.45) is 0. The number of nitrogen functional groups attached to an aromatic ring is 1. The van der Waals surface area contributed by atoms with Gasteiger partial charge in [-0.05, 0) is 25.1 Å². The van der Waals surface area contributed by atoms with Gasteiger partial charge in [0.2, 0.25) is 0 Å². The molecule has 3 nitrogen and oxygen atoms in total. The highest BCUT2D eigenvalue weighted by atomic mass is 35.5. The first-order valence-corrected chi connectivity index (χ1v) is 3.89. The highest BCUT2D eigenvalue weighted by molar-refractivity contribution is 5.85. The molecule has 13 heavy (non-hydrogen) atoms. The van der Waals surface area contributed by atoms with E-state index in [1.165, 1.54) is 0 Å². The van der Waals surface area contributed by atoms with Crippen molar-refractivity contribution in [2.75, 3.05) is 12.3 Å². The third kappa shape index (κ3) is 3.53. The standard InChI is InChI=1S/C9H13NO2.ClH/c1-2-12-6-7-5-8(10)3-4-9(7)11;/h3-5,11H,2,6,10H2,1H3;1H. The smallest absolute Gasteiger partial charge is 0.121 e. The minimum absolute atomic E-state index is 0. The Kier molecular flexibility index (Phi) is 5.26. The molecule has 0 fully saturated rings. The summed E-state index contributed by atoms with van der Waals surface area (Å²) < 4.78 is 5.14. The molecule has 1 aromatic rings. The molecule has 74 valence electrons. The van der Waals surface area contributed by atoms with E-state index in [9.17, 15) is 5.11 Å². The number of aromatic hydroxyl groups is 1. The molecule has 0 aliphatic carbocycles. The fourth-order valence-corrected chi connectivity index (χ4v) is 0.933. The van der Waals surface area contributed by atoms with E-state index >= 15 is 0 Å². The average molecular weight is 204 g/mol. The highest BCUT2D eigenvalue weighted by Gasteiger charge is 2.00. The maximum Gasteiger partial charge on any atom is 0.121 e. The Balaban J connectivity index is 0.00000144. The van der Waals surface area contributed by atoms with Crippen LogP contribution in [0.3, 0.4) is 0 Å². The van der Waals surface area contributed by atoms with Crippen LogP contribution in [-0.2, 0) is 11.3 Å². The summed E-state index contributed by atoms with van der Waals surface area (Å²) in [5.41, 5.74) is 6.91. The number of benzene rings is 1. The predicted octanol–water partition coefficient (Wildman–Crippen LogP) is 1.93. The molecule has 0 saturated heterocycles. The number of rotatable bonds is 3. The zero-order valence-electron chi connectivity index (χ0n) is 7.49. The Morgan fingerprint density at radius 2 is 2.15 bits per heavy atom. The van der Waals surface area contributed by atoms with Crippen LogP contribution in [0.15, 0.2) is 18.2 Å². The van der Waals surface area contributed by atoms with E-state index in [0.717, 1.165) is 5.56 Å². The number of halogens is 1. The number of hydrogen-bond donors (Lipinski definition) is 2. The van der Waals surface area contributed by atoms with Gasteiger partial charge in [-0.15, -0.1) is 12.4 Å². The molecule has 0 spiro atoms. The van der Waals surface area contributed by atoms with Crippen molar-refractivity contribution in [3.8, 4) is 5.75 Å². The molecule has 1 aromatic carbocycles. The molecule has 0 unspecified atom stereocenters. The minimum atomic E-state index is 0. The van der Waals surface area contributed by atoms with Gasteiger partial charge in [-0.1, -0.05) is 0 Å². The Hall–Kier alpha value is -0.930. The van der Waals surface area contributed by atoms with E-state index in [0.29, 0.717) is 18.9 Å². The van der Waals surface area contributed by atoms with Crippen LogP contribution in [0.25, 0.3) is 0 Å². The molecule has 4 heteroatoms. The fourth-order valence-electron chi connectivity index (χ4n) is 0.933. The molecule has 0 aromatic heterocycles. The summed E-state index contributed by atoms with van der Waals surface area (Å²) in [5.74, 6) is 0.234. The number of nitrogens with two attached hydrogens (primary N) is 1. The van der Waals surface area contributed by atoms with Crippen molar-refractivity contribution in [1.82, 2.24) is 0 Å². The van der Waals surface area contributed by atoms with Gasteiger partial charge in [-0.25, -0.2) is 0 Å². The van der Waals surface area contributed by atoms with Crippen LogP contribution in [0.1, 0.15) is 12.5 Å². The molecular formula is C9H14ClNO2. The highest BCUT2D eigenvalue weighted by Crippen LogP contribution is 2.20. The summed E-state index contributed by atoms with van der Waals surface area (Å²) in [7, 11) is 0. The van der Waals surface area contributed by atoms with E-state index in [1.54, 1.807) is 18.2 Å². The Morgan fingerprint density at radius 3 is 2.77 bits per heavy atom. The number of anilines is 1. The van der Waals surface area contributed by atoms with Gasteiger partial charge in [-0.2, -0.15) is 0 Å². The third-order valence-corrected chi connectivity index (χ3v) is 1.57. The van der Waals surface area contributed by atoms with Crippen molar-refractivity contribution in [2.45, 2.75) is 13.5 Å². The van der Waals surface area contributed by atoms with Crippen LogP contribution < -0.4 is 5.73 Å². The van der Waals surface area contributed by atoms with E-state index in [-0.39, 0.29) is 18.2 Å². The lowest BCUT2D eigenvalue weighted by Crippen LogP contribution is -1.94. The van der Waals surface area contributed by atoms with Crippen molar-refractivity contribution in [2.24, 2.45) is 0 Å². The zero-order chi connectivity index (χ0) is 8.97. The molecule has 0 bridgehead atoms. The lowest BCUT2D eigenvalue weighted by molar-refractivity contribution is 0.132. The van der Waals surface area contributed by atoms with Gasteiger partial charge in [0, 0.05) is 17.9 Å². The van der Waals surface area contributed by atoms with Gasteiger partial charge in [0.25, 0.3) is 0 Å². The second-order valence-electron chi connectivity index (χ2n) is 2.53. The number of hydrogen-bond acceptors (Lipinski definition) is 3. The number of phenolic OH excluding ortho intramolecular Hbond substituents is 1. The Labute approximate surface area is 83.9 Å². The van der Waals surface area contributed by atoms with Crippen molar-refractivity contribution >= 4 is 18.1 Å². The average Bonchev–Trinajstić information content (AvgIpc) is 2.07. The van der Waals surface area contributed by atoms with Gasteiger partial charge < -0.3 is 15.6 Å². The van der Waals surface area contributed by atoms with Crippen LogP contribution in [0.2, 0.25) is 0 Å². The monoisotopic (exact) mass is 203 g/mol. The van der Waals surface area contributed by atoms with Crippen molar-refractivity contribution in [3.63, 3.8) is 0 Å². The van der Waals surface area contributed by atoms with E-state index < -0.39 is 0 Å². The maximum atomic E-state index is 9.33. The van der Waals surface area contributed by atoms with Crippen LogP contribution in [0.4, 0.5) is 5.69 Å². The largest absolute Gasteiger partial charge is 0.508 e. The molecule has 0 amide bonds. The summed E-state index contributed by atoms with van der Waals surface area (Å²) in [6, 6.07) is 4.94. The van der Waals surface area contributed by atoms with Gasteiger partial charge in [0.05, 0.1) is 6.61 Å². The Morgan fingerprint density at radius 1 is 1.46 bits per heavy atom. The van der Waals surface area contributed by atoms with Crippen molar-refractivity contribution < 1.29 is 9.84 Å². The van der Waals surface area contributed by atoms with E-state index in [1.807, 2.05) is 6.92 Å². The van der Waals surface area contributed by atoms with Gasteiger partial charge in [-0.3, -0.25) is 0 Å². The van der Waals surface area contributed by atoms with Crippen LogP contribution in [-0.4, -0.2) is 11.7 Å². The van der Waals surface area contributed by atoms with Crippen molar-refractivity contribution in [1.29, 1.82) is 0 Å². The molecule has 1 rings (SSSR count). The van der Waals surface area contributed by atoms with Gasteiger partial charge >= 0.3 is 0 Å². The van der Waals surface area contributed by atoms with Crippen molar-refractivity contribution in [3.05, 3.63) is 23.8 Å². The third-order valence-electron chi connectivity index (χ3n) is 1.57. The second kappa shape index (κ2) is 5.67. The quantitative estimate of drug-likeness (QED) is 0.583. The normalized spacial score (nSPS) is 9.31. The van der Waals surface area contributed by atoms with Gasteiger partial charge in [0.15, 0.2) is 0 Å². The topological polar surface area (TPSA) is 55.5 Å². The number of ether oxygens (including phenoxy) is 1. The first-order chi connectivity index (χ1) is 5.74. The molecule has 0 aliphatic rings. The molecule has 0 heterocycles. The van der Waals surface area contributed by atoms with Crippen LogP contribution in [0, 0.1) is 0 Å². The molecule has 0 aliphatic heterocycles. The summed E-state index contributed by atoms with van der Waals surface area (Å²) in [5, 5.41) is 9.33. The van der Waals surface area contributed by atoms with Crippen LogP contribution >= 0.6 is 12.4 Å². The Bertz CT molecular complexity index is 266.